The Labute approximate surface area is 136 Å². The largest absolute Gasteiger partial charge is 0.326 e. The Morgan fingerprint density at radius 1 is 1.09 bits per heavy atom. The summed E-state index contributed by atoms with van der Waals surface area (Å²) in [5, 5.41) is 2.94. The average Bonchev–Trinajstić information content (AvgIpc) is 2.54. The predicted molar refractivity (Wildman–Crippen MR) is 96.2 cm³/mol. The van der Waals surface area contributed by atoms with Crippen LogP contribution in [0.15, 0.2) is 53.4 Å². The second-order valence-electron chi connectivity index (χ2n) is 5.41. The van der Waals surface area contributed by atoms with Crippen molar-refractivity contribution in [1.82, 2.24) is 0 Å². The van der Waals surface area contributed by atoms with E-state index in [1.165, 1.54) is 5.56 Å². The SMILES string of the molecule is CSc1cccc(C(C)C)c1N(C)C(=O)Nc1ccccc1. The number of thioether (sulfide) groups is 1. The van der Waals surface area contributed by atoms with E-state index in [-0.39, 0.29) is 6.03 Å². The lowest BCUT2D eigenvalue weighted by Crippen LogP contribution is -2.32. The van der Waals surface area contributed by atoms with Crippen molar-refractivity contribution in [3.8, 4) is 0 Å². The molecule has 2 aromatic carbocycles. The maximum Gasteiger partial charge on any atom is 0.326 e. The molecule has 0 aliphatic carbocycles. The van der Waals surface area contributed by atoms with Crippen molar-refractivity contribution in [2.24, 2.45) is 0 Å². The molecule has 0 unspecified atom stereocenters. The van der Waals surface area contributed by atoms with Crippen LogP contribution in [0.3, 0.4) is 0 Å². The van der Waals surface area contributed by atoms with Crippen LogP contribution in [0.25, 0.3) is 0 Å². The number of amides is 2. The van der Waals surface area contributed by atoms with Gasteiger partial charge in [0.05, 0.1) is 5.69 Å². The van der Waals surface area contributed by atoms with E-state index in [4.69, 9.17) is 0 Å². The van der Waals surface area contributed by atoms with E-state index >= 15 is 0 Å². The monoisotopic (exact) mass is 314 g/mol. The Morgan fingerprint density at radius 2 is 1.77 bits per heavy atom. The van der Waals surface area contributed by atoms with E-state index in [1.54, 1.807) is 16.7 Å². The average molecular weight is 314 g/mol. The van der Waals surface area contributed by atoms with Crippen LogP contribution >= 0.6 is 11.8 Å². The lowest BCUT2D eigenvalue weighted by molar-refractivity contribution is 0.258. The van der Waals surface area contributed by atoms with Gasteiger partial charge in [-0.1, -0.05) is 44.2 Å². The molecule has 2 amide bonds. The Hall–Kier alpha value is -1.94. The molecule has 0 bridgehead atoms. The highest BCUT2D eigenvalue weighted by Gasteiger charge is 2.19. The zero-order valence-corrected chi connectivity index (χ0v) is 14.3. The summed E-state index contributed by atoms with van der Waals surface area (Å²) in [5.41, 5.74) is 2.96. The van der Waals surface area contributed by atoms with Gasteiger partial charge in [-0.05, 0) is 35.9 Å². The summed E-state index contributed by atoms with van der Waals surface area (Å²) in [6.45, 7) is 4.29. The third kappa shape index (κ3) is 3.63. The molecule has 4 heteroatoms. The van der Waals surface area contributed by atoms with Crippen LogP contribution in [0.2, 0.25) is 0 Å². The Bertz CT molecular complexity index is 641. The predicted octanol–water partition coefficient (Wildman–Crippen LogP) is 5.20. The van der Waals surface area contributed by atoms with Gasteiger partial charge in [0.2, 0.25) is 0 Å². The first-order chi connectivity index (χ1) is 10.5. The quantitative estimate of drug-likeness (QED) is 0.787. The van der Waals surface area contributed by atoms with Crippen molar-refractivity contribution in [3.63, 3.8) is 0 Å². The second kappa shape index (κ2) is 7.36. The fourth-order valence-corrected chi connectivity index (χ4v) is 3.02. The van der Waals surface area contributed by atoms with E-state index in [9.17, 15) is 4.79 Å². The summed E-state index contributed by atoms with van der Waals surface area (Å²) < 4.78 is 0. The molecule has 0 aromatic heterocycles. The van der Waals surface area contributed by atoms with E-state index in [2.05, 4.69) is 31.3 Å². The minimum absolute atomic E-state index is 0.130. The minimum Gasteiger partial charge on any atom is -0.308 e. The van der Waals surface area contributed by atoms with E-state index in [0.717, 1.165) is 16.3 Å². The number of carbonyl (C=O) groups excluding carboxylic acids is 1. The van der Waals surface area contributed by atoms with Gasteiger partial charge in [0, 0.05) is 17.6 Å². The third-order valence-electron chi connectivity index (χ3n) is 3.54. The van der Waals surface area contributed by atoms with Gasteiger partial charge >= 0.3 is 6.03 Å². The standard InChI is InChI=1S/C18H22N2OS/c1-13(2)15-11-8-12-16(22-4)17(15)20(3)18(21)19-14-9-6-5-7-10-14/h5-13H,1-4H3,(H,19,21). The Balaban J connectivity index is 2.32. The van der Waals surface area contributed by atoms with Crippen molar-refractivity contribution in [2.45, 2.75) is 24.7 Å². The maximum atomic E-state index is 12.6. The first-order valence-corrected chi connectivity index (χ1v) is 8.53. The fraction of sp³-hybridized carbons (Fsp3) is 0.278. The molecule has 0 saturated carbocycles. The number of para-hydroxylation sites is 2. The molecule has 2 rings (SSSR count). The molecule has 0 fully saturated rings. The van der Waals surface area contributed by atoms with Crippen molar-refractivity contribution in [3.05, 3.63) is 54.1 Å². The number of urea groups is 1. The van der Waals surface area contributed by atoms with Crippen LogP contribution in [0.4, 0.5) is 16.2 Å². The summed E-state index contributed by atoms with van der Waals surface area (Å²) in [5.74, 6) is 0.356. The van der Waals surface area contributed by atoms with Crippen LogP contribution in [0, 0.1) is 0 Å². The topological polar surface area (TPSA) is 32.3 Å². The number of nitrogens with one attached hydrogen (secondary N) is 1. The van der Waals surface area contributed by atoms with E-state index in [0.29, 0.717) is 5.92 Å². The fourth-order valence-electron chi connectivity index (χ4n) is 2.36. The Kier molecular flexibility index (Phi) is 5.50. The number of rotatable bonds is 4. The van der Waals surface area contributed by atoms with Gasteiger partial charge in [-0.15, -0.1) is 11.8 Å². The first kappa shape index (κ1) is 16.4. The zero-order chi connectivity index (χ0) is 16.1. The van der Waals surface area contributed by atoms with Crippen LogP contribution in [-0.2, 0) is 0 Å². The molecule has 116 valence electrons. The lowest BCUT2D eigenvalue weighted by atomic mass is 10.0. The molecule has 0 spiro atoms. The molecule has 0 radical (unpaired) electrons. The lowest BCUT2D eigenvalue weighted by Gasteiger charge is -2.25. The molecule has 0 aliphatic rings. The van der Waals surface area contributed by atoms with Gasteiger partial charge in [0.15, 0.2) is 0 Å². The summed E-state index contributed by atoms with van der Waals surface area (Å²) in [6, 6.07) is 15.6. The van der Waals surface area contributed by atoms with Gasteiger partial charge in [-0.25, -0.2) is 4.79 Å². The Morgan fingerprint density at radius 3 is 2.36 bits per heavy atom. The number of hydrogen-bond donors (Lipinski definition) is 1. The smallest absolute Gasteiger partial charge is 0.308 e. The van der Waals surface area contributed by atoms with Gasteiger partial charge in [0.1, 0.15) is 0 Å². The zero-order valence-electron chi connectivity index (χ0n) is 13.5. The van der Waals surface area contributed by atoms with Crippen molar-refractivity contribution < 1.29 is 4.79 Å². The number of anilines is 2. The third-order valence-corrected chi connectivity index (χ3v) is 4.31. The maximum absolute atomic E-state index is 12.6. The highest BCUT2D eigenvalue weighted by molar-refractivity contribution is 7.98. The molecule has 2 aromatic rings. The van der Waals surface area contributed by atoms with Crippen LogP contribution in [0.5, 0.6) is 0 Å². The first-order valence-electron chi connectivity index (χ1n) is 7.31. The van der Waals surface area contributed by atoms with Crippen molar-refractivity contribution >= 4 is 29.2 Å². The number of nitrogens with zero attached hydrogens (tertiary/aromatic N) is 1. The summed E-state index contributed by atoms with van der Waals surface area (Å²) in [4.78, 5) is 15.4. The van der Waals surface area contributed by atoms with Crippen molar-refractivity contribution in [1.29, 1.82) is 0 Å². The van der Waals surface area contributed by atoms with Crippen LogP contribution < -0.4 is 10.2 Å². The molecule has 0 atom stereocenters. The highest BCUT2D eigenvalue weighted by Crippen LogP contribution is 2.35. The van der Waals surface area contributed by atoms with Crippen LogP contribution in [0.1, 0.15) is 25.3 Å². The molecular formula is C18H22N2OS. The summed E-state index contributed by atoms with van der Waals surface area (Å²) in [6.07, 6.45) is 2.03. The second-order valence-corrected chi connectivity index (χ2v) is 6.26. The molecule has 1 N–H and O–H groups in total. The molecular weight excluding hydrogens is 292 g/mol. The highest BCUT2D eigenvalue weighted by atomic mass is 32.2. The van der Waals surface area contributed by atoms with Gasteiger partial charge in [-0.2, -0.15) is 0 Å². The van der Waals surface area contributed by atoms with Crippen molar-refractivity contribution in [2.75, 3.05) is 23.5 Å². The van der Waals surface area contributed by atoms with E-state index in [1.807, 2.05) is 49.7 Å². The number of hydrogen-bond acceptors (Lipinski definition) is 2. The summed E-state index contributed by atoms with van der Waals surface area (Å²) >= 11 is 1.66. The van der Waals surface area contributed by atoms with Gasteiger partial charge < -0.3 is 5.32 Å². The molecule has 0 heterocycles. The molecule has 3 nitrogen and oxygen atoms in total. The number of carbonyl (C=O) groups is 1. The molecule has 0 aliphatic heterocycles. The summed E-state index contributed by atoms with van der Waals surface area (Å²) in [7, 11) is 1.82. The normalized spacial score (nSPS) is 10.6. The van der Waals surface area contributed by atoms with Gasteiger partial charge in [0.25, 0.3) is 0 Å². The van der Waals surface area contributed by atoms with Crippen LogP contribution in [-0.4, -0.2) is 19.3 Å². The number of benzene rings is 2. The van der Waals surface area contributed by atoms with Gasteiger partial charge in [-0.3, -0.25) is 4.90 Å². The molecule has 22 heavy (non-hydrogen) atoms. The molecule has 0 saturated heterocycles. The minimum atomic E-state index is -0.130. The van der Waals surface area contributed by atoms with E-state index < -0.39 is 0 Å².